The van der Waals surface area contributed by atoms with Crippen LogP contribution in [0, 0.1) is 11.8 Å². The molecule has 22 heavy (non-hydrogen) atoms. The van der Waals surface area contributed by atoms with Gasteiger partial charge >= 0.3 is 0 Å². The van der Waals surface area contributed by atoms with Crippen LogP contribution in [-0.4, -0.2) is 53.7 Å². The summed E-state index contributed by atoms with van der Waals surface area (Å²) in [7, 11) is 0. The smallest absolute Gasteiger partial charge is 0.226 e. The van der Waals surface area contributed by atoms with Gasteiger partial charge in [0.25, 0.3) is 0 Å². The Morgan fingerprint density at radius 2 is 1.55 bits per heavy atom. The lowest BCUT2D eigenvalue weighted by atomic mass is 9.87. The first kappa shape index (κ1) is 19.1. The third-order valence-electron chi connectivity index (χ3n) is 5.12. The monoisotopic (exact) mass is 310 g/mol. The van der Waals surface area contributed by atoms with Crippen molar-refractivity contribution in [1.29, 1.82) is 0 Å². The summed E-state index contributed by atoms with van der Waals surface area (Å²) < 4.78 is 0. The number of carbonyl (C=O) groups is 2. The first-order valence-electron chi connectivity index (χ1n) is 9.06. The summed E-state index contributed by atoms with van der Waals surface area (Å²) >= 11 is 0. The van der Waals surface area contributed by atoms with Gasteiger partial charge in [0.15, 0.2) is 0 Å². The Labute approximate surface area is 136 Å². The van der Waals surface area contributed by atoms with Gasteiger partial charge in [-0.3, -0.25) is 9.59 Å². The fourth-order valence-corrected chi connectivity index (χ4v) is 3.60. The van der Waals surface area contributed by atoms with Crippen molar-refractivity contribution >= 4 is 11.7 Å². The SMILES string of the molecule is CC.CCN1CCC(C(=O)N2CCC(C(C)=O)CC2C)CC1. The molecule has 128 valence electrons. The summed E-state index contributed by atoms with van der Waals surface area (Å²) in [6.07, 6.45) is 3.67. The standard InChI is InChI=1S/C16H28N2O2.C2H6/c1-4-17-8-5-14(6-9-17)16(20)18-10-7-15(13(3)19)11-12(18)2;1-2/h12,14-15H,4-11H2,1-3H3;1-2H3. The molecular formula is C18H34N2O2. The molecule has 2 saturated heterocycles. The number of likely N-dealkylation sites (tertiary alicyclic amines) is 2. The molecule has 2 aliphatic heterocycles. The van der Waals surface area contributed by atoms with Gasteiger partial charge < -0.3 is 9.80 Å². The Morgan fingerprint density at radius 3 is 2.00 bits per heavy atom. The zero-order valence-electron chi connectivity index (χ0n) is 15.1. The Morgan fingerprint density at radius 1 is 1.00 bits per heavy atom. The highest BCUT2D eigenvalue weighted by atomic mass is 16.2. The second-order valence-electron chi connectivity index (χ2n) is 6.42. The maximum absolute atomic E-state index is 12.7. The van der Waals surface area contributed by atoms with Gasteiger partial charge in [0.2, 0.25) is 5.91 Å². The number of nitrogens with zero attached hydrogens (tertiary/aromatic N) is 2. The molecule has 0 aromatic heterocycles. The number of carbonyl (C=O) groups excluding carboxylic acids is 2. The van der Waals surface area contributed by atoms with E-state index in [4.69, 9.17) is 0 Å². The van der Waals surface area contributed by atoms with E-state index in [-0.39, 0.29) is 23.7 Å². The van der Waals surface area contributed by atoms with Crippen LogP contribution in [0.25, 0.3) is 0 Å². The average molecular weight is 310 g/mol. The molecule has 2 aliphatic rings. The molecule has 2 fully saturated rings. The van der Waals surface area contributed by atoms with Crippen LogP contribution in [0.2, 0.25) is 0 Å². The van der Waals surface area contributed by atoms with Gasteiger partial charge in [0.05, 0.1) is 0 Å². The molecule has 4 nitrogen and oxygen atoms in total. The Kier molecular flexibility index (Phi) is 8.08. The molecule has 2 atom stereocenters. The predicted octanol–water partition coefficient (Wildman–Crippen LogP) is 2.96. The van der Waals surface area contributed by atoms with Crippen LogP contribution >= 0.6 is 0 Å². The van der Waals surface area contributed by atoms with Crippen molar-refractivity contribution in [2.75, 3.05) is 26.2 Å². The molecule has 1 amide bonds. The Bertz CT molecular complexity index is 362. The van der Waals surface area contributed by atoms with Gasteiger partial charge in [-0.05, 0) is 59.2 Å². The van der Waals surface area contributed by atoms with E-state index in [1.165, 1.54) is 0 Å². The van der Waals surface area contributed by atoms with E-state index in [1.807, 2.05) is 18.7 Å². The predicted molar refractivity (Wildman–Crippen MR) is 90.8 cm³/mol. The quantitative estimate of drug-likeness (QED) is 0.804. The lowest BCUT2D eigenvalue weighted by Crippen LogP contribution is -2.50. The molecule has 0 aromatic rings. The van der Waals surface area contributed by atoms with E-state index < -0.39 is 0 Å². The van der Waals surface area contributed by atoms with E-state index in [2.05, 4.69) is 18.7 Å². The molecule has 0 bridgehead atoms. The molecular weight excluding hydrogens is 276 g/mol. The van der Waals surface area contributed by atoms with Crippen molar-refractivity contribution in [2.24, 2.45) is 11.8 Å². The van der Waals surface area contributed by atoms with Crippen molar-refractivity contribution in [3.8, 4) is 0 Å². The van der Waals surface area contributed by atoms with E-state index in [9.17, 15) is 9.59 Å². The minimum Gasteiger partial charge on any atom is -0.340 e. The summed E-state index contributed by atoms with van der Waals surface area (Å²) in [5.41, 5.74) is 0. The average Bonchev–Trinajstić information content (AvgIpc) is 2.56. The van der Waals surface area contributed by atoms with Gasteiger partial charge in [-0.15, -0.1) is 0 Å². The van der Waals surface area contributed by atoms with E-state index in [1.54, 1.807) is 6.92 Å². The van der Waals surface area contributed by atoms with E-state index in [0.29, 0.717) is 5.91 Å². The van der Waals surface area contributed by atoms with Gasteiger partial charge in [0, 0.05) is 24.4 Å². The fraction of sp³-hybridized carbons (Fsp3) is 0.889. The molecule has 0 N–H and O–H groups in total. The molecule has 2 rings (SSSR count). The molecule has 0 radical (unpaired) electrons. The topological polar surface area (TPSA) is 40.6 Å². The summed E-state index contributed by atoms with van der Waals surface area (Å²) in [6.45, 7) is 13.9. The number of amides is 1. The minimum absolute atomic E-state index is 0.163. The van der Waals surface area contributed by atoms with Crippen LogP contribution in [0.15, 0.2) is 0 Å². The van der Waals surface area contributed by atoms with Crippen molar-refractivity contribution in [3.05, 3.63) is 0 Å². The minimum atomic E-state index is 0.163. The third-order valence-corrected chi connectivity index (χ3v) is 5.12. The molecule has 0 aliphatic carbocycles. The fourth-order valence-electron chi connectivity index (χ4n) is 3.60. The maximum Gasteiger partial charge on any atom is 0.226 e. The highest BCUT2D eigenvalue weighted by Crippen LogP contribution is 2.27. The van der Waals surface area contributed by atoms with Crippen molar-refractivity contribution in [3.63, 3.8) is 0 Å². The van der Waals surface area contributed by atoms with Crippen LogP contribution in [0.4, 0.5) is 0 Å². The number of hydrogen-bond acceptors (Lipinski definition) is 3. The highest BCUT2D eigenvalue weighted by Gasteiger charge is 2.34. The number of rotatable bonds is 3. The lowest BCUT2D eigenvalue weighted by molar-refractivity contribution is -0.142. The first-order chi connectivity index (χ1) is 10.5. The van der Waals surface area contributed by atoms with Crippen LogP contribution in [0.1, 0.15) is 60.3 Å². The second kappa shape index (κ2) is 9.29. The summed E-state index contributed by atoms with van der Waals surface area (Å²) in [4.78, 5) is 28.6. The van der Waals surface area contributed by atoms with Gasteiger partial charge in [-0.2, -0.15) is 0 Å². The number of piperidine rings is 2. The molecule has 0 aromatic carbocycles. The van der Waals surface area contributed by atoms with Gasteiger partial charge in [-0.1, -0.05) is 20.8 Å². The molecule has 2 unspecified atom stereocenters. The molecule has 0 spiro atoms. The van der Waals surface area contributed by atoms with Crippen LogP contribution < -0.4 is 0 Å². The Hall–Kier alpha value is -0.900. The number of hydrogen-bond donors (Lipinski definition) is 0. The summed E-state index contributed by atoms with van der Waals surface area (Å²) in [5.74, 6) is 0.973. The van der Waals surface area contributed by atoms with E-state index >= 15 is 0 Å². The van der Waals surface area contributed by atoms with Crippen molar-refractivity contribution < 1.29 is 9.59 Å². The van der Waals surface area contributed by atoms with Gasteiger partial charge in [-0.25, -0.2) is 0 Å². The molecule has 0 saturated carbocycles. The maximum atomic E-state index is 12.7. The second-order valence-corrected chi connectivity index (χ2v) is 6.42. The zero-order valence-corrected chi connectivity index (χ0v) is 15.1. The number of Topliss-reactive ketones (excluding diaryl/α,β-unsaturated/α-hetero) is 1. The van der Waals surface area contributed by atoms with Crippen molar-refractivity contribution in [1.82, 2.24) is 9.80 Å². The normalized spacial score (nSPS) is 27.0. The van der Waals surface area contributed by atoms with Crippen LogP contribution in [-0.2, 0) is 9.59 Å². The third kappa shape index (κ3) is 4.80. The first-order valence-corrected chi connectivity index (χ1v) is 9.06. The largest absolute Gasteiger partial charge is 0.340 e. The van der Waals surface area contributed by atoms with Crippen LogP contribution in [0.3, 0.4) is 0 Å². The molecule has 2 heterocycles. The highest BCUT2D eigenvalue weighted by molar-refractivity contribution is 5.81. The summed E-state index contributed by atoms with van der Waals surface area (Å²) in [6, 6.07) is 0.217. The zero-order chi connectivity index (χ0) is 16.7. The van der Waals surface area contributed by atoms with Crippen LogP contribution in [0.5, 0.6) is 0 Å². The van der Waals surface area contributed by atoms with Crippen molar-refractivity contribution in [2.45, 2.75) is 66.3 Å². The van der Waals surface area contributed by atoms with E-state index in [0.717, 1.165) is 51.9 Å². The molecule has 4 heteroatoms. The lowest BCUT2D eigenvalue weighted by Gasteiger charge is -2.40. The Balaban J connectivity index is 0.00000116. The number of ketones is 1. The van der Waals surface area contributed by atoms with Gasteiger partial charge in [0.1, 0.15) is 5.78 Å². The summed E-state index contributed by atoms with van der Waals surface area (Å²) in [5, 5.41) is 0.